The molecular weight excluding hydrogens is 446 g/mol. The van der Waals surface area contributed by atoms with Crippen LogP contribution < -0.4 is 15.4 Å². The van der Waals surface area contributed by atoms with Crippen LogP contribution in [0.25, 0.3) is 0 Å². The summed E-state index contributed by atoms with van der Waals surface area (Å²) in [6.07, 6.45) is 1.65. The Morgan fingerprint density at radius 2 is 1.89 bits per heavy atom. The second-order valence-corrected chi connectivity index (χ2v) is 9.19. The summed E-state index contributed by atoms with van der Waals surface area (Å²) in [5.41, 5.74) is 1.77. The van der Waals surface area contributed by atoms with Gasteiger partial charge < -0.3 is 10.6 Å². The lowest BCUT2D eigenvalue weighted by Crippen LogP contribution is -2.33. The number of hydrogen-bond donors (Lipinski definition) is 3. The summed E-state index contributed by atoms with van der Waals surface area (Å²) in [6, 6.07) is 11.1. The smallest absolute Gasteiger partial charge is 0.251 e. The van der Waals surface area contributed by atoms with Gasteiger partial charge in [-0.1, -0.05) is 22.0 Å². The number of anilines is 1. The molecule has 148 valence electrons. The molecule has 2 aromatic carbocycles. The van der Waals surface area contributed by atoms with Gasteiger partial charge in [-0.15, -0.1) is 0 Å². The molecule has 1 fully saturated rings. The molecule has 0 bridgehead atoms. The number of carbonyl (C=O) groups is 2. The summed E-state index contributed by atoms with van der Waals surface area (Å²) in [6.45, 7) is 1.67. The van der Waals surface area contributed by atoms with Crippen LogP contribution in [0.15, 0.2) is 51.8 Å². The molecule has 0 heterocycles. The number of amides is 2. The first-order valence-electron chi connectivity index (χ1n) is 8.71. The fourth-order valence-electron chi connectivity index (χ4n) is 2.48. The minimum absolute atomic E-state index is 0.0200. The van der Waals surface area contributed by atoms with Crippen molar-refractivity contribution in [1.82, 2.24) is 10.0 Å². The van der Waals surface area contributed by atoms with Crippen molar-refractivity contribution < 1.29 is 18.0 Å². The van der Waals surface area contributed by atoms with Gasteiger partial charge in [0.05, 0.1) is 11.4 Å². The first-order valence-corrected chi connectivity index (χ1v) is 11.0. The number of aryl methyl sites for hydroxylation is 1. The van der Waals surface area contributed by atoms with Crippen molar-refractivity contribution in [2.45, 2.75) is 30.7 Å². The molecule has 3 rings (SSSR count). The standard InChI is InChI=1S/C19H20BrN3O4S/c1-12-9-15(7-8-17(12)20)22-18(24)11-21-19(25)13-3-2-4-16(10-13)28(26,27)23-14-5-6-14/h2-4,7-10,14,23H,5-6,11H2,1H3,(H,21,25)(H,22,24). The number of hydrogen-bond acceptors (Lipinski definition) is 4. The average Bonchev–Trinajstić information content (AvgIpc) is 3.46. The van der Waals surface area contributed by atoms with Gasteiger partial charge >= 0.3 is 0 Å². The van der Waals surface area contributed by atoms with E-state index in [1.165, 1.54) is 24.3 Å². The third kappa shape index (κ3) is 5.40. The summed E-state index contributed by atoms with van der Waals surface area (Å²) in [7, 11) is -3.65. The molecule has 0 aromatic heterocycles. The van der Waals surface area contributed by atoms with Gasteiger partial charge in [-0.25, -0.2) is 13.1 Å². The maximum atomic E-state index is 12.3. The topological polar surface area (TPSA) is 104 Å². The van der Waals surface area contributed by atoms with Crippen molar-refractivity contribution in [3.05, 3.63) is 58.1 Å². The second kappa shape index (κ2) is 8.42. The number of halogens is 1. The molecule has 0 aliphatic heterocycles. The second-order valence-electron chi connectivity index (χ2n) is 6.62. The summed E-state index contributed by atoms with van der Waals surface area (Å²) in [5.74, 6) is -0.903. The molecular formula is C19H20BrN3O4S. The lowest BCUT2D eigenvalue weighted by molar-refractivity contribution is -0.115. The minimum Gasteiger partial charge on any atom is -0.343 e. The molecule has 2 aromatic rings. The van der Waals surface area contributed by atoms with E-state index >= 15 is 0 Å². The molecule has 0 atom stereocenters. The van der Waals surface area contributed by atoms with Crippen LogP contribution in [0, 0.1) is 6.92 Å². The van der Waals surface area contributed by atoms with Gasteiger partial charge in [-0.3, -0.25) is 9.59 Å². The van der Waals surface area contributed by atoms with Gasteiger partial charge in [-0.05, 0) is 61.7 Å². The van der Waals surface area contributed by atoms with Crippen LogP contribution in [0.1, 0.15) is 28.8 Å². The number of rotatable bonds is 7. The summed E-state index contributed by atoms with van der Waals surface area (Å²) in [4.78, 5) is 24.4. The highest BCUT2D eigenvalue weighted by Gasteiger charge is 2.28. The number of nitrogens with one attached hydrogen (secondary N) is 3. The van der Waals surface area contributed by atoms with E-state index in [0.29, 0.717) is 5.69 Å². The molecule has 0 saturated heterocycles. The van der Waals surface area contributed by atoms with Crippen LogP contribution in [-0.4, -0.2) is 32.8 Å². The predicted octanol–water partition coefficient (Wildman–Crippen LogP) is 2.57. The number of sulfonamides is 1. The van der Waals surface area contributed by atoms with Crippen molar-refractivity contribution >= 4 is 43.5 Å². The molecule has 9 heteroatoms. The SMILES string of the molecule is Cc1cc(NC(=O)CNC(=O)c2cccc(S(=O)(=O)NC3CC3)c2)ccc1Br. The number of benzene rings is 2. The maximum absolute atomic E-state index is 12.3. The normalized spacial score (nSPS) is 13.8. The monoisotopic (exact) mass is 465 g/mol. The average molecular weight is 466 g/mol. The van der Waals surface area contributed by atoms with E-state index in [9.17, 15) is 18.0 Å². The zero-order valence-electron chi connectivity index (χ0n) is 15.2. The highest BCUT2D eigenvalue weighted by molar-refractivity contribution is 9.10. The molecule has 0 spiro atoms. The van der Waals surface area contributed by atoms with E-state index in [4.69, 9.17) is 0 Å². The molecule has 1 saturated carbocycles. The first-order chi connectivity index (χ1) is 13.2. The van der Waals surface area contributed by atoms with Crippen molar-refractivity contribution in [2.75, 3.05) is 11.9 Å². The number of carbonyl (C=O) groups excluding carboxylic acids is 2. The van der Waals surface area contributed by atoms with E-state index in [2.05, 4.69) is 31.3 Å². The van der Waals surface area contributed by atoms with Gasteiger partial charge in [0.2, 0.25) is 15.9 Å². The van der Waals surface area contributed by atoms with Gasteiger partial charge in [0, 0.05) is 21.8 Å². The van der Waals surface area contributed by atoms with Crippen molar-refractivity contribution in [1.29, 1.82) is 0 Å². The third-order valence-electron chi connectivity index (χ3n) is 4.16. The Hall–Kier alpha value is -2.23. The van der Waals surface area contributed by atoms with Gasteiger partial charge in [-0.2, -0.15) is 0 Å². The fourth-order valence-corrected chi connectivity index (χ4v) is 4.08. The predicted molar refractivity (Wildman–Crippen MR) is 110 cm³/mol. The summed E-state index contributed by atoms with van der Waals surface area (Å²) >= 11 is 3.39. The van der Waals surface area contributed by atoms with Crippen LogP contribution in [0.3, 0.4) is 0 Å². The van der Waals surface area contributed by atoms with Crippen molar-refractivity contribution in [2.24, 2.45) is 0 Å². The first kappa shape index (κ1) is 20.5. The molecule has 0 radical (unpaired) electrons. The van der Waals surface area contributed by atoms with E-state index in [1.54, 1.807) is 6.07 Å². The minimum atomic E-state index is -3.65. The summed E-state index contributed by atoms with van der Waals surface area (Å²) < 4.78 is 28.0. The Morgan fingerprint density at radius 3 is 2.57 bits per heavy atom. The van der Waals surface area contributed by atoms with E-state index < -0.39 is 15.9 Å². The van der Waals surface area contributed by atoms with E-state index in [1.807, 2.05) is 19.1 Å². The summed E-state index contributed by atoms with van der Waals surface area (Å²) in [5, 5.41) is 5.20. The molecule has 28 heavy (non-hydrogen) atoms. The fraction of sp³-hybridized carbons (Fsp3) is 0.263. The zero-order chi connectivity index (χ0) is 20.3. The van der Waals surface area contributed by atoms with Crippen LogP contribution in [0.2, 0.25) is 0 Å². The van der Waals surface area contributed by atoms with Gasteiger partial charge in [0.25, 0.3) is 5.91 Å². The largest absolute Gasteiger partial charge is 0.343 e. The Kier molecular flexibility index (Phi) is 6.17. The van der Waals surface area contributed by atoms with Crippen molar-refractivity contribution in [3.8, 4) is 0 Å². The van der Waals surface area contributed by atoms with Crippen LogP contribution in [0.5, 0.6) is 0 Å². The van der Waals surface area contributed by atoms with Gasteiger partial charge in [0.15, 0.2) is 0 Å². The zero-order valence-corrected chi connectivity index (χ0v) is 17.6. The van der Waals surface area contributed by atoms with Crippen LogP contribution in [0.4, 0.5) is 5.69 Å². The van der Waals surface area contributed by atoms with Crippen LogP contribution >= 0.6 is 15.9 Å². The molecule has 1 aliphatic carbocycles. The van der Waals surface area contributed by atoms with E-state index in [-0.39, 0.29) is 29.0 Å². The molecule has 3 N–H and O–H groups in total. The molecule has 0 unspecified atom stereocenters. The van der Waals surface area contributed by atoms with Gasteiger partial charge in [0.1, 0.15) is 0 Å². The molecule has 7 nitrogen and oxygen atoms in total. The van der Waals surface area contributed by atoms with Crippen molar-refractivity contribution in [3.63, 3.8) is 0 Å². The maximum Gasteiger partial charge on any atom is 0.251 e. The highest BCUT2D eigenvalue weighted by atomic mass is 79.9. The highest BCUT2D eigenvalue weighted by Crippen LogP contribution is 2.22. The molecule has 2 amide bonds. The Balaban J connectivity index is 1.59. The lowest BCUT2D eigenvalue weighted by Gasteiger charge is -2.10. The Bertz CT molecular complexity index is 1020. The molecule has 1 aliphatic rings. The van der Waals surface area contributed by atoms with E-state index in [0.717, 1.165) is 22.9 Å². The Labute approximate surface area is 172 Å². The third-order valence-corrected chi connectivity index (χ3v) is 6.56. The Morgan fingerprint density at radius 1 is 1.14 bits per heavy atom. The quantitative estimate of drug-likeness (QED) is 0.584. The van der Waals surface area contributed by atoms with Crippen LogP contribution in [-0.2, 0) is 14.8 Å². The lowest BCUT2D eigenvalue weighted by atomic mass is 10.2.